The number of hydrogen-bond acceptors (Lipinski definition) is 3. The minimum Gasteiger partial charge on any atom is -0.388 e. The van der Waals surface area contributed by atoms with Gasteiger partial charge in [0.15, 0.2) is 0 Å². The van der Waals surface area contributed by atoms with Gasteiger partial charge >= 0.3 is 0 Å². The summed E-state index contributed by atoms with van der Waals surface area (Å²) >= 11 is 0. The molecule has 1 rings (SSSR count). The van der Waals surface area contributed by atoms with E-state index in [1.165, 1.54) is 5.56 Å². The van der Waals surface area contributed by atoms with E-state index in [0.717, 1.165) is 19.6 Å². The summed E-state index contributed by atoms with van der Waals surface area (Å²) in [5.74, 6) is 0.242. The van der Waals surface area contributed by atoms with Gasteiger partial charge in [-0.3, -0.25) is 10.1 Å². The normalized spacial score (nSPS) is 10.9. The Morgan fingerprint density at radius 3 is 2.93 bits per heavy atom. The Bertz CT molecular complexity index is 317. The van der Waals surface area contributed by atoms with E-state index in [4.69, 9.17) is 11.1 Å². The first-order valence-corrected chi connectivity index (χ1v) is 5.14. The number of nitrogens with zero attached hydrogens (tertiary/aromatic N) is 3. The van der Waals surface area contributed by atoms with Gasteiger partial charge in [0.2, 0.25) is 0 Å². The van der Waals surface area contributed by atoms with Crippen LogP contribution in [0.3, 0.4) is 0 Å². The Kier molecular flexibility index (Phi) is 4.30. The summed E-state index contributed by atoms with van der Waals surface area (Å²) in [4.78, 5) is 2.14. The first-order valence-electron chi connectivity index (χ1n) is 5.14. The highest BCUT2D eigenvalue weighted by atomic mass is 15.3. The Balaban J connectivity index is 2.36. The number of aromatic nitrogens is 2. The Morgan fingerprint density at radius 1 is 1.67 bits per heavy atom. The highest BCUT2D eigenvalue weighted by Crippen LogP contribution is 2.02. The van der Waals surface area contributed by atoms with Gasteiger partial charge in [-0.25, -0.2) is 0 Å². The minimum absolute atomic E-state index is 0.242. The number of nitrogens with two attached hydrogens (primary N) is 1. The second-order valence-electron chi connectivity index (χ2n) is 3.72. The smallest absolute Gasteiger partial charge is 0.0918 e. The molecule has 0 radical (unpaired) electrons. The molecule has 0 bridgehead atoms. The number of hydrogen-bond donors (Lipinski definition) is 2. The van der Waals surface area contributed by atoms with Gasteiger partial charge in [-0.05, 0) is 14.0 Å². The van der Waals surface area contributed by atoms with Crippen molar-refractivity contribution in [3.05, 3.63) is 18.0 Å². The van der Waals surface area contributed by atoms with Crippen LogP contribution < -0.4 is 5.73 Å². The average Bonchev–Trinajstić information content (AvgIpc) is 2.62. The molecule has 3 N–H and O–H groups in total. The van der Waals surface area contributed by atoms with Gasteiger partial charge in [-0.1, -0.05) is 0 Å². The maximum Gasteiger partial charge on any atom is 0.0918 e. The van der Waals surface area contributed by atoms with Crippen LogP contribution in [0.4, 0.5) is 0 Å². The van der Waals surface area contributed by atoms with Crippen molar-refractivity contribution in [2.45, 2.75) is 26.4 Å². The Labute approximate surface area is 90.4 Å². The van der Waals surface area contributed by atoms with Crippen molar-refractivity contribution in [2.75, 3.05) is 13.6 Å². The molecule has 0 spiro atoms. The standard InChI is InChI=1S/C10H19N5/c1-3-15-8-9(6-13-15)7-14(2)5-4-10(11)12/h6,8H,3-5,7H2,1-2H3,(H3,11,12). The predicted octanol–water partition coefficient (Wildman–Crippen LogP) is 0.661. The zero-order valence-corrected chi connectivity index (χ0v) is 9.40. The first kappa shape index (κ1) is 11.7. The summed E-state index contributed by atoms with van der Waals surface area (Å²) in [5, 5.41) is 11.3. The lowest BCUT2D eigenvalue weighted by molar-refractivity contribution is 0.336. The van der Waals surface area contributed by atoms with Crippen LogP contribution in [0.5, 0.6) is 0 Å². The highest BCUT2D eigenvalue weighted by Gasteiger charge is 2.03. The van der Waals surface area contributed by atoms with E-state index in [1.54, 1.807) is 0 Å². The van der Waals surface area contributed by atoms with Gasteiger partial charge in [0.25, 0.3) is 0 Å². The monoisotopic (exact) mass is 209 g/mol. The molecule has 0 atom stereocenters. The first-order chi connectivity index (χ1) is 7.11. The summed E-state index contributed by atoms with van der Waals surface area (Å²) in [5.41, 5.74) is 6.50. The zero-order chi connectivity index (χ0) is 11.3. The molecular weight excluding hydrogens is 190 g/mol. The van der Waals surface area contributed by atoms with Gasteiger partial charge in [-0.2, -0.15) is 5.10 Å². The molecule has 0 unspecified atom stereocenters. The summed E-state index contributed by atoms with van der Waals surface area (Å²) in [6, 6.07) is 0. The fourth-order valence-corrected chi connectivity index (χ4v) is 1.36. The lowest BCUT2D eigenvalue weighted by Crippen LogP contribution is -2.23. The van der Waals surface area contributed by atoms with Gasteiger partial charge in [-0.15, -0.1) is 0 Å². The molecule has 1 aromatic heterocycles. The molecule has 0 aromatic carbocycles. The third kappa shape index (κ3) is 4.12. The summed E-state index contributed by atoms with van der Waals surface area (Å²) < 4.78 is 1.91. The predicted molar refractivity (Wildman–Crippen MR) is 60.8 cm³/mol. The topological polar surface area (TPSA) is 70.9 Å². The van der Waals surface area contributed by atoms with Crippen molar-refractivity contribution in [3.63, 3.8) is 0 Å². The maximum atomic E-state index is 7.14. The van der Waals surface area contributed by atoms with E-state index in [0.29, 0.717) is 6.42 Å². The van der Waals surface area contributed by atoms with E-state index in [9.17, 15) is 0 Å². The number of amidine groups is 1. The molecule has 5 heteroatoms. The third-order valence-electron chi connectivity index (χ3n) is 2.23. The lowest BCUT2D eigenvalue weighted by Gasteiger charge is -2.14. The molecule has 0 saturated heterocycles. The molecule has 0 amide bonds. The summed E-state index contributed by atoms with van der Waals surface area (Å²) in [7, 11) is 2.02. The second-order valence-corrected chi connectivity index (χ2v) is 3.72. The molecule has 1 aromatic rings. The largest absolute Gasteiger partial charge is 0.388 e. The number of rotatable bonds is 6. The second kappa shape index (κ2) is 5.50. The molecular formula is C10H19N5. The highest BCUT2D eigenvalue weighted by molar-refractivity contribution is 5.76. The van der Waals surface area contributed by atoms with Crippen LogP contribution in [0, 0.1) is 5.41 Å². The molecule has 0 aliphatic carbocycles. The molecule has 0 aliphatic heterocycles. The zero-order valence-electron chi connectivity index (χ0n) is 9.40. The SMILES string of the molecule is CCn1cc(CN(C)CCC(=N)N)cn1. The van der Waals surface area contributed by atoms with E-state index in [2.05, 4.69) is 16.9 Å². The summed E-state index contributed by atoms with van der Waals surface area (Å²) in [6.45, 7) is 4.63. The molecule has 5 nitrogen and oxygen atoms in total. The van der Waals surface area contributed by atoms with Crippen molar-refractivity contribution in [3.8, 4) is 0 Å². The minimum atomic E-state index is 0.242. The molecule has 0 fully saturated rings. The van der Waals surface area contributed by atoms with Crippen molar-refractivity contribution in [1.82, 2.24) is 14.7 Å². The van der Waals surface area contributed by atoms with Crippen molar-refractivity contribution >= 4 is 5.84 Å². The van der Waals surface area contributed by atoms with Crippen LogP contribution in [-0.4, -0.2) is 34.1 Å². The molecule has 1 heterocycles. The van der Waals surface area contributed by atoms with Gasteiger partial charge in [0.05, 0.1) is 12.0 Å². The third-order valence-corrected chi connectivity index (χ3v) is 2.23. The molecule has 0 saturated carbocycles. The lowest BCUT2D eigenvalue weighted by atomic mass is 10.3. The number of nitrogens with one attached hydrogen (secondary N) is 1. The fraction of sp³-hybridized carbons (Fsp3) is 0.600. The average molecular weight is 209 g/mol. The van der Waals surface area contributed by atoms with Crippen LogP contribution in [0.15, 0.2) is 12.4 Å². The van der Waals surface area contributed by atoms with Crippen LogP contribution in [0.25, 0.3) is 0 Å². The van der Waals surface area contributed by atoms with Crippen LogP contribution in [-0.2, 0) is 13.1 Å². The van der Waals surface area contributed by atoms with Crippen LogP contribution in [0.1, 0.15) is 18.9 Å². The van der Waals surface area contributed by atoms with E-state index in [-0.39, 0.29) is 5.84 Å². The Morgan fingerprint density at radius 2 is 2.40 bits per heavy atom. The van der Waals surface area contributed by atoms with E-state index >= 15 is 0 Å². The van der Waals surface area contributed by atoms with Crippen LogP contribution >= 0.6 is 0 Å². The fourth-order valence-electron chi connectivity index (χ4n) is 1.36. The Hall–Kier alpha value is -1.36. The van der Waals surface area contributed by atoms with E-state index < -0.39 is 0 Å². The quantitative estimate of drug-likeness (QED) is 0.534. The van der Waals surface area contributed by atoms with Gasteiger partial charge in [0, 0.05) is 37.8 Å². The number of aryl methyl sites for hydroxylation is 1. The van der Waals surface area contributed by atoms with E-state index in [1.807, 2.05) is 24.1 Å². The van der Waals surface area contributed by atoms with Crippen molar-refractivity contribution < 1.29 is 0 Å². The van der Waals surface area contributed by atoms with Crippen molar-refractivity contribution in [1.29, 1.82) is 5.41 Å². The van der Waals surface area contributed by atoms with Crippen molar-refractivity contribution in [2.24, 2.45) is 5.73 Å². The molecule has 0 aliphatic rings. The molecule has 15 heavy (non-hydrogen) atoms. The van der Waals surface area contributed by atoms with Gasteiger partial charge in [0.1, 0.15) is 0 Å². The molecule has 84 valence electrons. The van der Waals surface area contributed by atoms with Gasteiger partial charge < -0.3 is 10.6 Å². The summed E-state index contributed by atoms with van der Waals surface area (Å²) in [6.07, 6.45) is 4.55. The maximum absolute atomic E-state index is 7.14. The van der Waals surface area contributed by atoms with Crippen LogP contribution in [0.2, 0.25) is 0 Å².